The first-order valence-electron chi connectivity index (χ1n) is 5.89. The number of carbonyl (C=O) groups excluding carboxylic acids is 1. The van der Waals surface area contributed by atoms with Crippen LogP contribution < -0.4 is 15.4 Å². The van der Waals surface area contributed by atoms with E-state index < -0.39 is 24.1 Å². The molecule has 0 radical (unpaired) electrons. The van der Waals surface area contributed by atoms with Crippen molar-refractivity contribution in [3.05, 3.63) is 24.3 Å². The first kappa shape index (κ1) is 16.6. The van der Waals surface area contributed by atoms with Gasteiger partial charge in [-0.3, -0.25) is 4.79 Å². The number of aliphatic carboxylic acids is 1. The van der Waals surface area contributed by atoms with Crippen LogP contribution in [-0.4, -0.2) is 30.0 Å². The van der Waals surface area contributed by atoms with Crippen molar-refractivity contribution in [2.75, 3.05) is 11.9 Å². The molecule has 21 heavy (non-hydrogen) atoms. The predicted molar refractivity (Wildman–Crippen MR) is 67.0 cm³/mol. The number of halogens is 3. The van der Waals surface area contributed by atoms with Crippen LogP contribution in [0.25, 0.3) is 0 Å². The molecule has 0 fully saturated rings. The Labute approximate surface area is 117 Å². The van der Waals surface area contributed by atoms with E-state index >= 15 is 0 Å². The molecule has 0 aliphatic carbocycles. The highest BCUT2D eigenvalue weighted by atomic mass is 19.4. The van der Waals surface area contributed by atoms with E-state index in [1.807, 2.05) is 0 Å². The summed E-state index contributed by atoms with van der Waals surface area (Å²) < 4.78 is 39.8. The molecule has 9 heteroatoms. The third-order valence-electron chi connectivity index (χ3n) is 2.18. The molecule has 1 aromatic rings. The number of rotatable bonds is 6. The van der Waals surface area contributed by atoms with E-state index in [0.717, 1.165) is 12.1 Å². The van der Waals surface area contributed by atoms with Gasteiger partial charge < -0.3 is 20.5 Å². The van der Waals surface area contributed by atoms with Crippen molar-refractivity contribution in [3.8, 4) is 5.75 Å². The Bertz CT molecular complexity index is 506. The fourth-order valence-electron chi connectivity index (χ4n) is 1.39. The number of carboxylic acid groups (broad SMARTS) is 1. The highest BCUT2D eigenvalue weighted by Gasteiger charge is 2.31. The molecular weight excluding hydrogens is 293 g/mol. The average molecular weight is 306 g/mol. The maximum Gasteiger partial charge on any atom is 0.573 e. The van der Waals surface area contributed by atoms with Crippen molar-refractivity contribution in [1.29, 1.82) is 0 Å². The summed E-state index contributed by atoms with van der Waals surface area (Å²) in [6, 6.07) is 4.15. The van der Waals surface area contributed by atoms with Crippen molar-refractivity contribution in [1.82, 2.24) is 5.32 Å². The second kappa shape index (κ2) is 7.36. The largest absolute Gasteiger partial charge is 0.573 e. The SMILES string of the molecule is O=C(O)CCCNC(=O)Nc1cccc(OC(F)(F)F)c1. The van der Waals surface area contributed by atoms with Crippen LogP contribution in [0.5, 0.6) is 5.75 Å². The average Bonchev–Trinajstić information content (AvgIpc) is 2.32. The van der Waals surface area contributed by atoms with Gasteiger partial charge in [0.25, 0.3) is 0 Å². The number of nitrogens with one attached hydrogen (secondary N) is 2. The van der Waals surface area contributed by atoms with Gasteiger partial charge in [0.15, 0.2) is 0 Å². The summed E-state index contributed by atoms with van der Waals surface area (Å²) in [7, 11) is 0. The lowest BCUT2D eigenvalue weighted by Crippen LogP contribution is -2.29. The molecular formula is C12H13F3N2O4. The Kier molecular flexibility index (Phi) is 5.82. The van der Waals surface area contributed by atoms with Crippen molar-refractivity contribution >= 4 is 17.7 Å². The number of amides is 2. The number of benzene rings is 1. The number of hydrogen-bond donors (Lipinski definition) is 3. The van der Waals surface area contributed by atoms with Crippen LogP contribution >= 0.6 is 0 Å². The third-order valence-corrected chi connectivity index (χ3v) is 2.18. The molecule has 1 rings (SSSR count). The smallest absolute Gasteiger partial charge is 0.481 e. The zero-order valence-electron chi connectivity index (χ0n) is 10.7. The predicted octanol–water partition coefficient (Wildman–Crippen LogP) is 2.57. The Morgan fingerprint density at radius 3 is 2.62 bits per heavy atom. The number of carboxylic acids is 1. The maximum absolute atomic E-state index is 12.0. The Hall–Kier alpha value is -2.45. The lowest BCUT2D eigenvalue weighted by atomic mass is 10.3. The lowest BCUT2D eigenvalue weighted by Gasteiger charge is -2.11. The molecule has 3 N–H and O–H groups in total. The highest BCUT2D eigenvalue weighted by Crippen LogP contribution is 2.24. The number of carbonyl (C=O) groups is 2. The van der Waals surface area contributed by atoms with E-state index in [1.54, 1.807) is 0 Å². The molecule has 0 aromatic heterocycles. The zero-order valence-corrected chi connectivity index (χ0v) is 10.7. The highest BCUT2D eigenvalue weighted by molar-refractivity contribution is 5.89. The molecule has 0 aliphatic rings. The summed E-state index contributed by atoms with van der Waals surface area (Å²) in [5.74, 6) is -1.43. The molecule has 0 heterocycles. The molecule has 0 saturated heterocycles. The van der Waals surface area contributed by atoms with Crippen LogP contribution in [0.1, 0.15) is 12.8 Å². The number of anilines is 1. The molecule has 0 atom stereocenters. The second-order valence-corrected chi connectivity index (χ2v) is 3.95. The van der Waals surface area contributed by atoms with Crippen LogP contribution in [0.3, 0.4) is 0 Å². The van der Waals surface area contributed by atoms with Gasteiger partial charge in [0.1, 0.15) is 5.75 Å². The van der Waals surface area contributed by atoms with Crippen LogP contribution in [0.15, 0.2) is 24.3 Å². The van der Waals surface area contributed by atoms with Gasteiger partial charge in [-0.25, -0.2) is 4.79 Å². The molecule has 0 bridgehead atoms. The summed E-state index contributed by atoms with van der Waals surface area (Å²) in [6.07, 6.45) is -4.65. The quantitative estimate of drug-likeness (QED) is 0.705. The summed E-state index contributed by atoms with van der Waals surface area (Å²) >= 11 is 0. The second-order valence-electron chi connectivity index (χ2n) is 3.95. The molecule has 1 aromatic carbocycles. The fourth-order valence-corrected chi connectivity index (χ4v) is 1.39. The zero-order chi connectivity index (χ0) is 15.9. The normalized spacial score (nSPS) is 10.8. The van der Waals surface area contributed by atoms with Crippen LogP contribution in [0, 0.1) is 0 Å². The number of urea groups is 1. The van der Waals surface area contributed by atoms with E-state index in [1.165, 1.54) is 12.1 Å². The van der Waals surface area contributed by atoms with E-state index in [-0.39, 0.29) is 25.1 Å². The third kappa shape index (κ3) is 7.65. The van der Waals surface area contributed by atoms with Crippen LogP contribution in [0.4, 0.5) is 23.7 Å². The van der Waals surface area contributed by atoms with Gasteiger partial charge in [-0.05, 0) is 18.6 Å². The fraction of sp³-hybridized carbons (Fsp3) is 0.333. The van der Waals surface area contributed by atoms with Crippen molar-refractivity contribution in [3.63, 3.8) is 0 Å². The van der Waals surface area contributed by atoms with Crippen LogP contribution in [0.2, 0.25) is 0 Å². The first-order chi connectivity index (χ1) is 9.76. The Morgan fingerprint density at radius 2 is 2.00 bits per heavy atom. The summed E-state index contributed by atoms with van der Waals surface area (Å²) in [5.41, 5.74) is 0.118. The van der Waals surface area contributed by atoms with Gasteiger partial charge in [0.2, 0.25) is 0 Å². The van der Waals surface area contributed by atoms with Gasteiger partial charge in [-0.15, -0.1) is 13.2 Å². The van der Waals surface area contributed by atoms with E-state index in [9.17, 15) is 22.8 Å². The molecule has 116 valence electrons. The minimum absolute atomic E-state index is 0.0881. The van der Waals surface area contributed by atoms with Gasteiger partial charge >= 0.3 is 18.4 Å². The van der Waals surface area contributed by atoms with E-state index in [0.29, 0.717) is 0 Å². The lowest BCUT2D eigenvalue weighted by molar-refractivity contribution is -0.274. The topological polar surface area (TPSA) is 87.7 Å². The van der Waals surface area contributed by atoms with Crippen molar-refractivity contribution in [2.24, 2.45) is 0 Å². The minimum atomic E-state index is -4.81. The number of ether oxygens (including phenoxy) is 1. The number of hydrogen-bond acceptors (Lipinski definition) is 3. The minimum Gasteiger partial charge on any atom is -0.481 e. The Balaban J connectivity index is 2.45. The van der Waals surface area contributed by atoms with Gasteiger partial charge in [0, 0.05) is 24.7 Å². The van der Waals surface area contributed by atoms with Gasteiger partial charge in [-0.2, -0.15) is 0 Å². The monoisotopic (exact) mass is 306 g/mol. The Morgan fingerprint density at radius 1 is 1.29 bits per heavy atom. The van der Waals surface area contributed by atoms with Crippen molar-refractivity contribution in [2.45, 2.75) is 19.2 Å². The molecule has 0 spiro atoms. The summed E-state index contributed by atoms with van der Waals surface area (Å²) in [5, 5.41) is 13.1. The van der Waals surface area contributed by atoms with E-state index in [2.05, 4.69) is 15.4 Å². The standard InChI is InChI=1S/C12H13F3N2O4/c13-12(14,15)21-9-4-1-3-8(7-9)17-11(20)16-6-2-5-10(18)19/h1,3-4,7H,2,5-6H2,(H,18,19)(H2,16,17,20). The van der Waals surface area contributed by atoms with Gasteiger partial charge in [0.05, 0.1) is 0 Å². The maximum atomic E-state index is 12.0. The first-order valence-corrected chi connectivity index (χ1v) is 5.89. The summed E-state index contributed by atoms with van der Waals surface area (Å²) in [6.45, 7) is 0.136. The van der Waals surface area contributed by atoms with Gasteiger partial charge in [-0.1, -0.05) is 6.07 Å². The van der Waals surface area contributed by atoms with E-state index in [4.69, 9.17) is 5.11 Å². The molecule has 0 unspecified atom stereocenters. The van der Waals surface area contributed by atoms with Crippen molar-refractivity contribution < 1.29 is 32.6 Å². The summed E-state index contributed by atoms with van der Waals surface area (Å²) in [4.78, 5) is 21.7. The van der Waals surface area contributed by atoms with Crippen LogP contribution in [-0.2, 0) is 4.79 Å². The molecule has 6 nitrogen and oxygen atoms in total. The molecule has 2 amide bonds. The number of alkyl halides is 3. The molecule has 0 aliphatic heterocycles. The molecule has 0 saturated carbocycles.